The number of likely N-dealkylation sites (N-methyl/N-ethyl adjacent to an activating group) is 1. The highest BCUT2D eigenvalue weighted by molar-refractivity contribution is 9.10. The van der Waals surface area contributed by atoms with Crippen molar-refractivity contribution in [2.24, 2.45) is 0 Å². The molecule has 1 aliphatic heterocycles. The smallest absolute Gasteiger partial charge is 0.124 e. The van der Waals surface area contributed by atoms with E-state index in [1.165, 1.54) is 12.1 Å². The zero-order chi connectivity index (χ0) is 13.1. The summed E-state index contributed by atoms with van der Waals surface area (Å²) in [7, 11) is 1.95. The maximum absolute atomic E-state index is 13.0. The lowest BCUT2D eigenvalue weighted by atomic mass is 9.99. The van der Waals surface area contributed by atoms with Crippen LogP contribution in [0.3, 0.4) is 0 Å². The van der Waals surface area contributed by atoms with Gasteiger partial charge in [-0.05, 0) is 50.9 Å². The van der Waals surface area contributed by atoms with Gasteiger partial charge in [-0.3, -0.25) is 0 Å². The fourth-order valence-electron chi connectivity index (χ4n) is 2.47. The van der Waals surface area contributed by atoms with Crippen LogP contribution < -0.4 is 5.32 Å². The van der Waals surface area contributed by atoms with Gasteiger partial charge in [0.2, 0.25) is 0 Å². The number of nitrogens with one attached hydrogen (secondary N) is 1. The van der Waals surface area contributed by atoms with Crippen molar-refractivity contribution in [3.05, 3.63) is 34.1 Å². The molecule has 1 fully saturated rings. The molecule has 3 unspecified atom stereocenters. The van der Waals surface area contributed by atoms with E-state index in [9.17, 15) is 4.39 Å². The van der Waals surface area contributed by atoms with Crippen molar-refractivity contribution >= 4 is 15.9 Å². The summed E-state index contributed by atoms with van der Waals surface area (Å²) in [5, 5.41) is 3.32. The van der Waals surface area contributed by atoms with Crippen LogP contribution in [0.5, 0.6) is 0 Å². The van der Waals surface area contributed by atoms with E-state index < -0.39 is 0 Å². The number of hydrogen-bond donors (Lipinski definition) is 1. The molecule has 2 rings (SSSR count). The van der Waals surface area contributed by atoms with E-state index in [2.05, 4.69) is 28.2 Å². The van der Waals surface area contributed by atoms with Crippen molar-refractivity contribution < 1.29 is 9.13 Å². The first-order valence-corrected chi connectivity index (χ1v) is 7.16. The van der Waals surface area contributed by atoms with Gasteiger partial charge in [0, 0.05) is 10.5 Å². The topological polar surface area (TPSA) is 21.3 Å². The molecule has 1 aromatic carbocycles. The lowest BCUT2D eigenvalue weighted by molar-refractivity contribution is 0.0337. The third-order valence-electron chi connectivity index (χ3n) is 3.54. The molecule has 0 amide bonds. The lowest BCUT2D eigenvalue weighted by Gasteiger charge is -2.23. The zero-order valence-electron chi connectivity index (χ0n) is 10.7. The average Bonchev–Trinajstić information content (AvgIpc) is 2.75. The van der Waals surface area contributed by atoms with Crippen LogP contribution in [0.2, 0.25) is 0 Å². The molecule has 18 heavy (non-hydrogen) atoms. The third kappa shape index (κ3) is 3.31. The van der Waals surface area contributed by atoms with Gasteiger partial charge in [0.1, 0.15) is 5.82 Å². The normalized spacial score (nSPS) is 25.3. The van der Waals surface area contributed by atoms with Crippen LogP contribution in [0.25, 0.3) is 0 Å². The molecule has 100 valence electrons. The second-order valence-corrected chi connectivity index (χ2v) is 5.75. The number of benzene rings is 1. The molecular weight excluding hydrogens is 297 g/mol. The summed E-state index contributed by atoms with van der Waals surface area (Å²) in [6.45, 7) is 2.11. The standard InChI is InChI=1S/C14H19BrFNO/c1-9-3-6-14(18-9)13(17-2)7-10-4-5-11(16)8-12(10)15/h4-5,8-9,13-14,17H,3,6-7H2,1-2H3. The van der Waals surface area contributed by atoms with E-state index in [0.29, 0.717) is 6.10 Å². The van der Waals surface area contributed by atoms with E-state index in [1.807, 2.05) is 13.1 Å². The summed E-state index contributed by atoms with van der Waals surface area (Å²) in [5.74, 6) is -0.211. The van der Waals surface area contributed by atoms with Crippen molar-refractivity contribution in [2.75, 3.05) is 7.05 Å². The zero-order valence-corrected chi connectivity index (χ0v) is 12.3. The average molecular weight is 316 g/mol. The SMILES string of the molecule is CNC(Cc1ccc(F)cc1Br)C1CCC(C)O1. The molecule has 0 radical (unpaired) electrons. The van der Waals surface area contributed by atoms with Crippen molar-refractivity contribution in [1.29, 1.82) is 0 Å². The Labute approximate surface area is 116 Å². The predicted octanol–water partition coefficient (Wildman–Crippen LogP) is 3.29. The summed E-state index contributed by atoms with van der Waals surface area (Å²) in [5.41, 5.74) is 1.11. The van der Waals surface area contributed by atoms with Crippen LogP contribution in [-0.4, -0.2) is 25.3 Å². The number of hydrogen-bond acceptors (Lipinski definition) is 2. The van der Waals surface area contributed by atoms with E-state index in [4.69, 9.17) is 4.74 Å². The Bertz CT molecular complexity index is 413. The first-order valence-electron chi connectivity index (χ1n) is 6.37. The number of ether oxygens (including phenoxy) is 1. The third-order valence-corrected chi connectivity index (χ3v) is 4.28. The monoisotopic (exact) mass is 315 g/mol. The minimum absolute atomic E-state index is 0.211. The Balaban J connectivity index is 2.05. The Morgan fingerprint density at radius 3 is 2.83 bits per heavy atom. The summed E-state index contributed by atoms with van der Waals surface area (Å²) in [4.78, 5) is 0. The summed E-state index contributed by atoms with van der Waals surface area (Å²) >= 11 is 3.42. The van der Waals surface area contributed by atoms with Gasteiger partial charge >= 0.3 is 0 Å². The molecular formula is C14H19BrFNO. The summed E-state index contributed by atoms with van der Waals surface area (Å²) < 4.78 is 19.8. The van der Waals surface area contributed by atoms with Gasteiger partial charge in [-0.1, -0.05) is 22.0 Å². The van der Waals surface area contributed by atoms with Gasteiger partial charge < -0.3 is 10.1 Å². The van der Waals surface area contributed by atoms with Gasteiger partial charge in [-0.25, -0.2) is 4.39 Å². The first-order chi connectivity index (χ1) is 8.60. The van der Waals surface area contributed by atoms with Crippen LogP contribution in [-0.2, 0) is 11.2 Å². The molecule has 4 heteroatoms. The Kier molecular flexibility index (Phi) is 4.76. The van der Waals surface area contributed by atoms with Gasteiger partial charge in [0.25, 0.3) is 0 Å². The second-order valence-electron chi connectivity index (χ2n) is 4.90. The molecule has 0 bridgehead atoms. The van der Waals surface area contributed by atoms with E-state index in [1.54, 1.807) is 0 Å². The van der Waals surface area contributed by atoms with Crippen LogP contribution in [0.4, 0.5) is 4.39 Å². The van der Waals surface area contributed by atoms with Gasteiger partial charge in [0.05, 0.1) is 12.2 Å². The van der Waals surface area contributed by atoms with E-state index in [0.717, 1.165) is 29.3 Å². The minimum Gasteiger partial charge on any atom is -0.374 e. The molecule has 0 saturated carbocycles. The molecule has 0 aliphatic carbocycles. The maximum Gasteiger partial charge on any atom is 0.124 e. The van der Waals surface area contributed by atoms with Crippen LogP contribution in [0.1, 0.15) is 25.3 Å². The highest BCUT2D eigenvalue weighted by Gasteiger charge is 2.29. The summed E-state index contributed by atoms with van der Waals surface area (Å²) in [6.07, 6.45) is 3.65. The molecule has 1 aromatic rings. The van der Waals surface area contributed by atoms with Gasteiger partial charge in [-0.15, -0.1) is 0 Å². The van der Waals surface area contributed by atoms with E-state index in [-0.39, 0.29) is 18.0 Å². The minimum atomic E-state index is -0.211. The van der Waals surface area contributed by atoms with Crippen LogP contribution >= 0.6 is 15.9 Å². The molecule has 0 spiro atoms. The fraction of sp³-hybridized carbons (Fsp3) is 0.571. The number of halogens is 2. The highest BCUT2D eigenvalue weighted by Crippen LogP contribution is 2.26. The highest BCUT2D eigenvalue weighted by atomic mass is 79.9. The number of rotatable bonds is 4. The van der Waals surface area contributed by atoms with Crippen molar-refractivity contribution in [2.45, 2.75) is 44.4 Å². The molecule has 1 aliphatic rings. The predicted molar refractivity (Wildman–Crippen MR) is 74.2 cm³/mol. The van der Waals surface area contributed by atoms with Crippen LogP contribution in [0.15, 0.2) is 22.7 Å². The van der Waals surface area contributed by atoms with Crippen molar-refractivity contribution in [3.8, 4) is 0 Å². The largest absolute Gasteiger partial charge is 0.374 e. The Morgan fingerprint density at radius 2 is 2.28 bits per heavy atom. The molecule has 3 atom stereocenters. The van der Waals surface area contributed by atoms with Gasteiger partial charge in [-0.2, -0.15) is 0 Å². The molecule has 2 nitrogen and oxygen atoms in total. The van der Waals surface area contributed by atoms with Crippen molar-refractivity contribution in [3.63, 3.8) is 0 Å². The maximum atomic E-state index is 13.0. The molecule has 1 heterocycles. The first kappa shape index (κ1) is 14.0. The molecule has 1 saturated heterocycles. The van der Waals surface area contributed by atoms with E-state index >= 15 is 0 Å². The van der Waals surface area contributed by atoms with Gasteiger partial charge in [0.15, 0.2) is 0 Å². The molecule has 0 aromatic heterocycles. The second kappa shape index (κ2) is 6.13. The quantitative estimate of drug-likeness (QED) is 0.920. The fourth-order valence-corrected chi connectivity index (χ4v) is 2.99. The Hall–Kier alpha value is -0.450. The Morgan fingerprint density at radius 1 is 1.50 bits per heavy atom. The van der Waals surface area contributed by atoms with Crippen LogP contribution in [0, 0.1) is 5.82 Å². The lowest BCUT2D eigenvalue weighted by Crippen LogP contribution is -2.39. The molecule has 1 N–H and O–H groups in total. The summed E-state index contributed by atoms with van der Waals surface area (Å²) in [6, 6.07) is 5.13. The van der Waals surface area contributed by atoms with Crippen molar-refractivity contribution in [1.82, 2.24) is 5.32 Å².